The number of nitriles is 1. The molecule has 1 atom stereocenters. The van der Waals surface area contributed by atoms with Crippen molar-refractivity contribution in [2.45, 2.75) is 32.7 Å². The van der Waals surface area contributed by atoms with Crippen LogP contribution in [0, 0.1) is 31.1 Å². The molecule has 1 fully saturated rings. The third-order valence-electron chi connectivity index (χ3n) is 6.88. The van der Waals surface area contributed by atoms with Crippen LogP contribution in [0.5, 0.6) is 0 Å². The van der Waals surface area contributed by atoms with Gasteiger partial charge in [0.1, 0.15) is 6.07 Å². The minimum atomic E-state index is -0.216. The summed E-state index contributed by atoms with van der Waals surface area (Å²) in [7, 11) is 0. The number of amides is 1. The normalized spacial score (nSPS) is 14.9. The molecule has 7 heteroatoms. The molecule has 1 unspecified atom stereocenters. The summed E-state index contributed by atoms with van der Waals surface area (Å²) in [5.41, 5.74) is 4.77. The van der Waals surface area contributed by atoms with E-state index in [-0.39, 0.29) is 29.5 Å². The Balaban J connectivity index is 1.29. The predicted molar refractivity (Wildman–Crippen MR) is 136 cm³/mol. The second-order valence-electron chi connectivity index (χ2n) is 9.22. The number of rotatable bonds is 6. The molecule has 7 nitrogen and oxygen atoms in total. The Bertz CT molecular complexity index is 1380. The number of hydrogen-bond donors (Lipinski definition) is 1. The van der Waals surface area contributed by atoms with Crippen molar-refractivity contribution in [1.82, 2.24) is 10.3 Å². The summed E-state index contributed by atoms with van der Waals surface area (Å²) in [5, 5.41) is 12.9. The lowest BCUT2D eigenvalue weighted by Gasteiger charge is -2.32. The highest BCUT2D eigenvalue weighted by atomic mass is 16.4. The van der Waals surface area contributed by atoms with Gasteiger partial charge >= 0.3 is 0 Å². The molecule has 1 aliphatic heterocycles. The minimum Gasteiger partial charge on any atom is -0.459 e. The molecule has 5 rings (SSSR count). The van der Waals surface area contributed by atoms with E-state index in [1.54, 1.807) is 12.1 Å². The van der Waals surface area contributed by atoms with Gasteiger partial charge < -0.3 is 19.1 Å². The number of carbonyl (C=O) groups is 1. The fourth-order valence-corrected chi connectivity index (χ4v) is 4.66. The molecule has 1 aliphatic rings. The van der Waals surface area contributed by atoms with Crippen LogP contribution in [0.3, 0.4) is 0 Å². The lowest BCUT2D eigenvalue weighted by Crippen LogP contribution is -2.42. The number of aryl methyl sites for hydroxylation is 2. The Hall–Kier alpha value is -4.31. The van der Waals surface area contributed by atoms with Crippen molar-refractivity contribution in [3.05, 3.63) is 94.9 Å². The van der Waals surface area contributed by atoms with Crippen LogP contribution in [-0.4, -0.2) is 24.0 Å². The van der Waals surface area contributed by atoms with Crippen molar-refractivity contribution in [3.63, 3.8) is 0 Å². The molecule has 1 amide bonds. The monoisotopic (exact) mass is 480 g/mol. The topological polar surface area (TPSA) is 95.3 Å². The summed E-state index contributed by atoms with van der Waals surface area (Å²) < 4.78 is 11.2. The Labute approximate surface area is 210 Å². The quantitative estimate of drug-likeness (QED) is 0.389. The van der Waals surface area contributed by atoms with Crippen LogP contribution >= 0.6 is 0 Å². The fraction of sp³-hybridized carbons (Fsp3) is 0.276. The molecule has 1 N–H and O–H groups in total. The van der Waals surface area contributed by atoms with Gasteiger partial charge in [0.05, 0.1) is 12.3 Å². The fourth-order valence-electron chi connectivity index (χ4n) is 4.66. The second-order valence-corrected chi connectivity index (χ2v) is 9.22. The highest BCUT2D eigenvalue weighted by molar-refractivity contribution is 5.80. The van der Waals surface area contributed by atoms with Gasteiger partial charge in [-0.25, -0.2) is 0 Å². The van der Waals surface area contributed by atoms with E-state index in [1.165, 1.54) is 17.4 Å². The standard InChI is InChI=1S/C29H28N4O3/c1-19-10-11-23(17-20(19)2)26(21-7-4-3-5-8-21)32-27(34)22-12-14-33(15-13-22)29-24(18-30)31-28(36-29)25-9-6-16-35-25/h3-11,16-17,22,26H,12-15H2,1-2H3,(H,32,34). The summed E-state index contributed by atoms with van der Waals surface area (Å²) in [6, 6.07) is 21.8. The third-order valence-corrected chi connectivity index (χ3v) is 6.88. The van der Waals surface area contributed by atoms with Crippen LogP contribution in [0.25, 0.3) is 11.7 Å². The lowest BCUT2D eigenvalue weighted by molar-refractivity contribution is -0.126. The van der Waals surface area contributed by atoms with Crippen LogP contribution in [0.2, 0.25) is 0 Å². The van der Waals surface area contributed by atoms with Gasteiger partial charge in [-0.15, -0.1) is 0 Å². The first kappa shape index (κ1) is 23.4. The number of hydrogen-bond acceptors (Lipinski definition) is 6. The van der Waals surface area contributed by atoms with Gasteiger partial charge in [-0.3, -0.25) is 4.79 Å². The van der Waals surface area contributed by atoms with Crippen LogP contribution in [0.1, 0.15) is 46.8 Å². The van der Waals surface area contributed by atoms with Crippen LogP contribution in [0.15, 0.2) is 75.8 Å². The average molecular weight is 481 g/mol. The number of oxazole rings is 1. The molecule has 4 aromatic rings. The Morgan fingerprint density at radius 2 is 1.83 bits per heavy atom. The number of nitrogens with zero attached hydrogens (tertiary/aromatic N) is 3. The summed E-state index contributed by atoms with van der Waals surface area (Å²) >= 11 is 0. The van der Waals surface area contributed by atoms with E-state index in [0.717, 1.165) is 11.1 Å². The van der Waals surface area contributed by atoms with Gasteiger partial charge in [-0.1, -0.05) is 48.5 Å². The Morgan fingerprint density at radius 3 is 2.50 bits per heavy atom. The van der Waals surface area contributed by atoms with Crippen molar-refractivity contribution in [2.75, 3.05) is 18.0 Å². The maximum atomic E-state index is 13.4. The van der Waals surface area contributed by atoms with Gasteiger partial charge in [-0.05, 0) is 61.1 Å². The van der Waals surface area contributed by atoms with E-state index in [2.05, 4.69) is 48.4 Å². The zero-order chi connectivity index (χ0) is 25.1. The van der Waals surface area contributed by atoms with Gasteiger partial charge in [0.15, 0.2) is 5.76 Å². The summed E-state index contributed by atoms with van der Waals surface area (Å²) in [5.74, 6) is 1.10. The average Bonchev–Trinajstić information content (AvgIpc) is 3.60. The molecule has 0 saturated carbocycles. The molecule has 0 radical (unpaired) electrons. The van der Waals surface area contributed by atoms with Gasteiger partial charge in [-0.2, -0.15) is 10.2 Å². The van der Waals surface area contributed by atoms with Crippen LogP contribution < -0.4 is 10.2 Å². The molecule has 0 bridgehead atoms. The number of furan rings is 1. The van der Waals surface area contributed by atoms with Crippen molar-refractivity contribution in [1.29, 1.82) is 5.26 Å². The first-order valence-electron chi connectivity index (χ1n) is 12.2. The summed E-state index contributed by atoms with van der Waals surface area (Å²) in [6.07, 6.45) is 2.85. The molecule has 182 valence electrons. The molecule has 36 heavy (non-hydrogen) atoms. The first-order chi connectivity index (χ1) is 17.5. The van der Waals surface area contributed by atoms with E-state index in [1.807, 2.05) is 35.2 Å². The van der Waals surface area contributed by atoms with Crippen molar-refractivity contribution < 1.29 is 13.6 Å². The predicted octanol–water partition coefficient (Wildman–Crippen LogP) is 5.55. The van der Waals surface area contributed by atoms with E-state index in [0.29, 0.717) is 37.6 Å². The van der Waals surface area contributed by atoms with Crippen LogP contribution in [-0.2, 0) is 4.79 Å². The van der Waals surface area contributed by atoms with E-state index in [9.17, 15) is 10.1 Å². The molecular weight excluding hydrogens is 452 g/mol. The summed E-state index contributed by atoms with van der Waals surface area (Å²) in [4.78, 5) is 19.7. The third kappa shape index (κ3) is 4.76. The van der Waals surface area contributed by atoms with Crippen LogP contribution in [0.4, 0.5) is 5.88 Å². The minimum absolute atomic E-state index is 0.0380. The Kier molecular flexibility index (Phi) is 6.59. The molecule has 0 aliphatic carbocycles. The zero-order valence-electron chi connectivity index (χ0n) is 20.4. The maximum Gasteiger partial charge on any atom is 0.266 e. The number of anilines is 1. The molecule has 2 aromatic heterocycles. The highest BCUT2D eigenvalue weighted by Crippen LogP contribution is 2.32. The first-order valence-corrected chi connectivity index (χ1v) is 12.2. The van der Waals surface area contributed by atoms with Crippen molar-refractivity contribution in [2.24, 2.45) is 5.92 Å². The highest BCUT2D eigenvalue weighted by Gasteiger charge is 2.30. The molecule has 3 heterocycles. The van der Waals surface area contributed by atoms with Gasteiger partial charge in [0, 0.05) is 19.0 Å². The van der Waals surface area contributed by atoms with Crippen molar-refractivity contribution >= 4 is 11.8 Å². The lowest BCUT2D eigenvalue weighted by atomic mass is 9.92. The second kappa shape index (κ2) is 10.1. The Morgan fingerprint density at radius 1 is 1.06 bits per heavy atom. The number of aromatic nitrogens is 1. The number of piperidine rings is 1. The van der Waals surface area contributed by atoms with Gasteiger partial charge in [0.25, 0.3) is 5.89 Å². The number of benzene rings is 2. The number of nitrogens with one attached hydrogen (secondary N) is 1. The SMILES string of the molecule is Cc1ccc(C(NC(=O)C2CCN(c3oc(-c4ccco4)nc3C#N)CC2)c2ccccc2)cc1C. The summed E-state index contributed by atoms with van der Waals surface area (Å²) in [6.45, 7) is 5.37. The molecule has 1 saturated heterocycles. The maximum absolute atomic E-state index is 13.4. The smallest absolute Gasteiger partial charge is 0.266 e. The zero-order valence-corrected chi connectivity index (χ0v) is 20.4. The van der Waals surface area contributed by atoms with E-state index >= 15 is 0 Å². The molecule has 0 spiro atoms. The molecule has 2 aromatic carbocycles. The van der Waals surface area contributed by atoms with E-state index < -0.39 is 0 Å². The number of carbonyl (C=O) groups excluding carboxylic acids is 1. The van der Waals surface area contributed by atoms with E-state index in [4.69, 9.17) is 8.83 Å². The molecular formula is C29H28N4O3. The van der Waals surface area contributed by atoms with Gasteiger partial charge in [0.2, 0.25) is 17.5 Å². The largest absolute Gasteiger partial charge is 0.459 e. The van der Waals surface area contributed by atoms with Crippen molar-refractivity contribution in [3.8, 4) is 17.7 Å².